The molecule has 0 saturated heterocycles. The van der Waals surface area contributed by atoms with Crippen LogP contribution >= 0.6 is 35.4 Å². The van der Waals surface area contributed by atoms with Crippen LogP contribution in [0.2, 0.25) is 10.0 Å². The van der Waals surface area contributed by atoms with Crippen molar-refractivity contribution in [2.45, 2.75) is 19.8 Å². The number of anilines is 1. The first kappa shape index (κ1) is 13.6. The molecule has 16 heavy (non-hydrogen) atoms. The van der Waals surface area contributed by atoms with Gasteiger partial charge in [0.05, 0.1) is 0 Å². The Kier molecular flexibility index (Phi) is 5.88. The summed E-state index contributed by atoms with van der Waals surface area (Å²) in [5, 5.41) is 7.91. The molecule has 0 saturated carbocycles. The van der Waals surface area contributed by atoms with Gasteiger partial charge in [-0.1, -0.05) is 36.5 Å². The SMILES string of the molecule is CCCCNC(=S)Nc1cc(Cl)cc(Cl)c1. The van der Waals surface area contributed by atoms with E-state index in [2.05, 4.69) is 17.6 Å². The van der Waals surface area contributed by atoms with Crippen LogP contribution in [-0.4, -0.2) is 11.7 Å². The molecule has 1 aromatic carbocycles. The first-order valence-corrected chi connectivity index (χ1v) is 6.29. The molecular weight excluding hydrogens is 263 g/mol. The monoisotopic (exact) mass is 276 g/mol. The highest BCUT2D eigenvalue weighted by atomic mass is 35.5. The number of thiocarbonyl (C=S) groups is 1. The Balaban J connectivity index is 2.49. The third kappa shape index (κ3) is 5.01. The largest absolute Gasteiger partial charge is 0.362 e. The van der Waals surface area contributed by atoms with Crippen molar-refractivity contribution in [2.24, 2.45) is 0 Å². The lowest BCUT2D eigenvalue weighted by Crippen LogP contribution is -2.29. The van der Waals surface area contributed by atoms with Crippen LogP contribution < -0.4 is 10.6 Å². The molecule has 0 bridgehead atoms. The van der Waals surface area contributed by atoms with Gasteiger partial charge in [0.2, 0.25) is 0 Å². The van der Waals surface area contributed by atoms with Crippen LogP contribution in [0.25, 0.3) is 0 Å². The molecule has 0 spiro atoms. The van der Waals surface area contributed by atoms with Gasteiger partial charge in [-0.25, -0.2) is 0 Å². The lowest BCUT2D eigenvalue weighted by Gasteiger charge is -2.10. The minimum atomic E-state index is 0.589. The summed E-state index contributed by atoms with van der Waals surface area (Å²) < 4.78 is 0. The lowest BCUT2D eigenvalue weighted by atomic mass is 10.3. The van der Waals surface area contributed by atoms with E-state index in [0.29, 0.717) is 15.2 Å². The van der Waals surface area contributed by atoms with Crippen LogP contribution in [0.5, 0.6) is 0 Å². The third-order valence-electron chi connectivity index (χ3n) is 1.94. The number of benzene rings is 1. The fraction of sp³-hybridized carbons (Fsp3) is 0.364. The van der Waals surface area contributed by atoms with E-state index < -0.39 is 0 Å². The van der Waals surface area contributed by atoms with Gasteiger partial charge in [-0.15, -0.1) is 0 Å². The highest BCUT2D eigenvalue weighted by Gasteiger charge is 2.00. The molecular formula is C11H14Cl2N2S. The number of rotatable bonds is 4. The molecule has 0 unspecified atom stereocenters. The number of hydrogen-bond acceptors (Lipinski definition) is 1. The smallest absolute Gasteiger partial charge is 0.170 e. The van der Waals surface area contributed by atoms with E-state index in [1.54, 1.807) is 18.2 Å². The number of halogens is 2. The zero-order valence-electron chi connectivity index (χ0n) is 9.02. The average Bonchev–Trinajstić information content (AvgIpc) is 2.16. The molecule has 5 heteroatoms. The molecule has 0 aliphatic rings. The lowest BCUT2D eigenvalue weighted by molar-refractivity contribution is 0.758. The van der Waals surface area contributed by atoms with Gasteiger partial charge in [-0.05, 0) is 36.8 Å². The van der Waals surface area contributed by atoms with Crippen molar-refractivity contribution in [3.8, 4) is 0 Å². The standard InChI is InChI=1S/C11H14Cl2N2S/c1-2-3-4-14-11(16)15-10-6-8(12)5-9(13)7-10/h5-7H,2-4H2,1H3,(H2,14,15,16). The van der Waals surface area contributed by atoms with Gasteiger partial charge in [-0.2, -0.15) is 0 Å². The second-order valence-electron chi connectivity index (χ2n) is 3.39. The molecule has 88 valence electrons. The summed E-state index contributed by atoms with van der Waals surface area (Å²) >= 11 is 16.9. The summed E-state index contributed by atoms with van der Waals surface area (Å²) in [6, 6.07) is 5.24. The zero-order valence-corrected chi connectivity index (χ0v) is 11.3. The number of hydrogen-bond donors (Lipinski definition) is 2. The van der Waals surface area contributed by atoms with E-state index in [-0.39, 0.29) is 0 Å². The molecule has 1 aromatic rings. The molecule has 0 heterocycles. The Labute approximate surface area is 111 Å². The van der Waals surface area contributed by atoms with E-state index in [4.69, 9.17) is 35.4 Å². The van der Waals surface area contributed by atoms with E-state index in [9.17, 15) is 0 Å². The van der Waals surface area contributed by atoms with Crippen molar-refractivity contribution in [2.75, 3.05) is 11.9 Å². The van der Waals surface area contributed by atoms with Crippen LogP contribution in [0, 0.1) is 0 Å². The second-order valence-corrected chi connectivity index (χ2v) is 4.67. The summed E-state index contributed by atoms with van der Waals surface area (Å²) in [7, 11) is 0. The van der Waals surface area contributed by atoms with E-state index in [1.165, 1.54) is 0 Å². The van der Waals surface area contributed by atoms with Crippen LogP contribution in [0.1, 0.15) is 19.8 Å². The van der Waals surface area contributed by atoms with Crippen molar-refractivity contribution in [3.05, 3.63) is 28.2 Å². The minimum Gasteiger partial charge on any atom is -0.362 e. The second kappa shape index (κ2) is 6.94. The normalized spacial score (nSPS) is 9.94. The first-order valence-electron chi connectivity index (χ1n) is 5.12. The Hall–Kier alpha value is -0.510. The quantitative estimate of drug-likeness (QED) is 0.640. The van der Waals surface area contributed by atoms with Crippen LogP contribution in [0.15, 0.2) is 18.2 Å². The highest BCUT2D eigenvalue weighted by Crippen LogP contribution is 2.22. The number of nitrogens with one attached hydrogen (secondary N) is 2. The van der Waals surface area contributed by atoms with Crippen LogP contribution in [-0.2, 0) is 0 Å². The minimum absolute atomic E-state index is 0.589. The summed E-state index contributed by atoms with van der Waals surface area (Å²) in [5.41, 5.74) is 0.798. The van der Waals surface area contributed by atoms with Crippen molar-refractivity contribution in [1.29, 1.82) is 0 Å². The molecule has 0 radical (unpaired) electrons. The average molecular weight is 277 g/mol. The van der Waals surface area contributed by atoms with E-state index in [1.807, 2.05) is 0 Å². The topological polar surface area (TPSA) is 24.1 Å². The van der Waals surface area contributed by atoms with E-state index >= 15 is 0 Å². The maximum atomic E-state index is 5.87. The molecule has 0 amide bonds. The van der Waals surface area contributed by atoms with Crippen molar-refractivity contribution in [3.63, 3.8) is 0 Å². The summed E-state index contributed by atoms with van der Waals surface area (Å²) in [5.74, 6) is 0. The van der Waals surface area contributed by atoms with Crippen LogP contribution in [0.3, 0.4) is 0 Å². The van der Waals surface area contributed by atoms with Crippen molar-refractivity contribution < 1.29 is 0 Å². The van der Waals surface area contributed by atoms with Crippen molar-refractivity contribution in [1.82, 2.24) is 5.32 Å². The van der Waals surface area contributed by atoms with Gasteiger partial charge in [0, 0.05) is 22.3 Å². The number of unbranched alkanes of at least 4 members (excludes halogenated alkanes) is 1. The predicted molar refractivity (Wildman–Crippen MR) is 75.6 cm³/mol. The van der Waals surface area contributed by atoms with Gasteiger partial charge in [-0.3, -0.25) is 0 Å². The fourth-order valence-corrected chi connectivity index (χ4v) is 1.93. The highest BCUT2D eigenvalue weighted by molar-refractivity contribution is 7.80. The Morgan fingerprint density at radius 3 is 2.44 bits per heavy atom. The van der Waals surface area contributed by atoms with Gasteiger partial charge < -0.3 is 10.6 Å². The maximum Gasteiger partial charge on any atom is 0.170 e. The van der Waals surface area contributed by atoms with Gasteiger partial charge >= 0.3 is 0 Å². The first-order chi connectivity index (χ1) is 7.61. The molecule has 0 aromatic heterocycles. The summed E-state index contributed by atoms with van der Waals surface area (Å²) in [6.45, 7) is 3.01. The fourth-order valence-electron chi connectivity index (χ4n) is 1.18. The Morgan fingerprint density at radius 1 is 1.25 bits per heavy atom. The molecule has 0 atom stereocenters. The van der Waals surface area contributed by atoms with E-state index in [0.717, 1.165) is 25.1 Å². The van der Waals surface area contributed by atoms with Crippen molar-refractivity contribution >= 4 is 46.2 Å². The maximum absolute atomic E-state index is 5.87. The van der Waals surface area contributed by atoms with Gasteiger partial charge in [0.25, 0.3) is 0 Å². The van der Waals surface area contributed by atoms with Gasteiger partial charge in [0.15, 0.2) is 5.11 Å². The zero-order chi connectivity index (χ0) is 12.0. The van der Waals surface area contributed by atoms with Gasteiger partial charge in [0.1, 0.15) is 0 Å². The predicted octanol–water partition coefficient (Wildman–Crippen LogP) is 4.08. The molecule has 2 nitrogen and oxygen atoms in total. The Bertz CT molecular complexity index is 349. The summed E-state index contributed by atoms with van der Waals surface area (Å²) in [6.07, 6.45) is 2.23. The Morgan fingerprint density at radius 2 is 1.88 bits per heavy atom. The third-order valence-corrected chi connectivity index (χ3v) is 2.62. The molecule has 2 N–H and O–H groups in total. The van der Waals surface area contributed by atoms with Crippen LogP contribution in [0.4, 0.5) is 5.69 Å². The molecule has 1 rings (SSSR count). The molecule has 0 fully saturated rings. The molecule has 0 aliphatic heterocycles. The molecule has 0 aliphatic carbocycles. The summed E-state index contributed by atoms with van der Waals surface area (Å²) in [4.78, 5) is 0.